The van der Waals surface area contributed by atoms with Gasteiger partial charge in [0.05, 0.1) is 29.8 Å². The lowest BCUT2D eigenvalue weighted by Crippen LogP contribution is -2.24. The molecule has 0 radical (unpaired) electrons. The highest BCUT2D eigenvalue weighted by atomic mass is 35.5. The molecule has 2 aromatic rings. The molecule has 0 bridgehead atoms. The lowest BCUT2D eigenvalue weighted by Gasteiger charge is -2.09. The minimum Gasteiger partial charge on any atom is -0.398 e. The molecule has 0 saturated heterocycles. The summed E-state index contributed by atoms with van der Waals surface area (Å²) >= 11 is 5.79. The van der Waals surface area contributed by atoms with Crippen LogP contribution in [0, 0.1) is 6.92 Å². The zero-order valence-electron chi connectivity index (χ0n) is 10.7. The van der Waals surface area contributed by atoms with Crippen LogP contribution in [0.15, 0.2) is 35.5 Å². The van der Waals surface area contributed by atoms with Crippen molar-refractivity contribution in [3.63, 3.8) is 0 Å². The van der Waals surface area contributed by atoms with E-state index < -0.39 is 10.0 Å². The summed E-state index contributed by atoms with van der Waals surface area (Å²) in [5.41, 5.74) is 7.07. The van der Waals surface area contributed by atoms with Crippen molar-refractivity contribution in [1.29, 1.82) is 0 Å². The largest absolute Gasteiger partial charge is 0.398 e. The molecule has 0 atom stereocenters. The summed E-state index contributed by atoms with van der Waals surface area (Å²) in [7, 11) is -3.75. The second kappa shape index (κ2) is 5.74. The molecule has 20 heavy (non-hydrogen) atoms. The van der Waals surface area contributed by atoms with E-state index in [9.17, 15) is 8.42 Å². The zero-order valence-corrected chi connectivity index (χ0v) is 12.2. The molecule has 0 aliphatic heterocycles. The molecule has 1 heterocycles. The average molecular weight is 313 g/mol. The minimum atomic E-state index is -3.75. The van der Waals surface area contributed by atoms with Gasteiger partial charge in [-0.2, -0.15) is 0 Å². The van der Waals surface area contributed by atoms with E-state index >= 15 is 0 Å². The monoisotopic (exact) mass is 312 g/mol. The van der Waals surface area contributed by atoms with Crippen molar-refractivity contribution in [2.45, 2.75) is 18.4 Å². The SMILES string of the molecule is Cc1cnc(CNS(=O)(=O)c2cc(Cl)ccc2N)cn1. The van der Waals surface area contributed by atoms with Gasteiger partial charge in [-0.25, -0.2) is 13.1 Å². The van der Waals surface area contributed by atoms with Crippen molar-refractivity contribution in [3.8, 4) is 0 Å². The number of nitrogens with two attached hydrogens (primary N) is 1. The molecule has 0 spiro atoms. The number of nitrogens with one attached hydrogen (secondary N) is 1. The quantitative estimate of drug-likeness (QED) is 0.834. The van der Waals surface area contributed by atoms with Gasteiger partial charge in [0.25, 0.3) is 0 Å². The first kappa shape index (κ1) is 14.7. The Morgan fingerprint density at radius 2 is 2.05 bits per heavy atom. The average Bonchev–Trinajstić information content (AvgIpc) is 2.41. The van der Waals surface area contributed by atoms with Gasteiger partial charge in [0, 0.05) is 11.2 Å². The molecule has 106 valence electrons. The molecule has 0 aliphatic carbocycles. The number of nitrogen functional groups attached to an aromatic ring is 1. The van der Waals surface area contributed by atoms with Crippen LogP contribution in [0.25, 0.3) is 0 Å². The number of aromatic nitrogens is 2. The maximum atomic E-state index is 12.1. The Hall–Kier alpha value is -1.70. The number of sulfonamides is 1. The fourth-order valence-corrected chi connectivity index (χ4v) is 2.89. The summed E-state index contributed by atoms with van der Waals surface area (Å²) in [6.45, 7) is 1.83. The van der Waals surface area contributed by atoms with Crippen LogP contribution in [-0.4, -0.2) is 18.4 Å². The van der Waals surface area contributed by atoms with Gasteiger partial charge in [0.2, 0.25) is 10.0 Å². The van der Waals surface area contributed by atoms with Crippen molar-refractivity contribution in [1.82, 2.24) is 14.7 Å². The fraction of sp³-hybridized carbons (Fsp3) is 0.167. The highest BCUT2D eigenvalue weighted by molar-refractivity contribution is 7.89. The van der Waals surface area contributed by atoms with Gasteiger partial charge in [0.1, 0.15) is 4.90 Å². The molecular weight excluding hydrogens is 300 g/mol. The molecule has 0 amide bonds. The molecule has 1 aromatic carbocycles. The van der Waals surface area contributed by atoms with E-state index in [0.717, 1.165) is 5.69 Å². The van der Waals surface area contributed by atoms with Gasteiger partial charge >= 0.3 is 0 Å². The van der Waals surface area contributed by atoms with Crippen LogP contribution in [0.1, 0.15) is 11.4 Å². The predicted molar refractivity (Wildman–Crippen MR) is 76.7 cm³/mol. The number of aryl methyl sites for hydroxylation is 1. The van der Waals surface area contributed by atoms with E-state index in [1.807, 2.05) is 0 Å². The molecule has 0 fully saturated rings. The minimum absolute atomic E-state index is 0.0293. The molecule has 2 rings (SSSR count). The molecule has 1 aromatic heterocycles. The molecule has 3 N–H and O–H groups in total. The van der Waals surface area contributed by atoms with Gasteiger partial charge in [0.15, 0.2) is 0 Å². The lowest BCUT2D eigenvalue weighted by molar-refractivity contribution is 0.580. The molecule has 8 heteroatoms. The predicted octanol–water partition coefficient (Wildman–Crippen LogP) is 1.50. The highest BCUT2D eigenvalue weighted by Crippen LogP contribution is 2.22. The van der Waals surface area contributed by atoms with Gasteiger partial charge in [-0.1, -0.05) is 11.6 Å². The fourth-order valence-electron chi connectivity index (χ4n) is 1.50. The maximum Gasteiger partial charge on any atom is 0.243 e. The number of anilines is 1. The Morgan fingerprint density at radius 3 is 2.70 bits per heavy atom. The third kappa shape index (κ3) is 3.44. The van der Waals surface area contributed by atoms with Gasteiger partial charge in [-0.15, -0.1) is 0 Å². The van der Waals surface area contributed by atoms with Crippen molar-refractivity contribution < 1.29 is 8.42 Å². The topological polar surface area (TPSA) is 98.0 Å². The Morgan fingerprint density at radius 1 is 1.30 bits per heavy atom. The Bertz CT molecular complexity index is 717. The van der Waals surface area contributed by atoms with E-state index in [1.165, 1.54) is 24.4 Å². The smallest absolute Gasteiger partial charge is 0.243 e. The lowest BCUT2D eigenvalue weighted by atomic mass is 10.3. The van der Waals surface area contributed by atoms with Crippen LogP contribution in [0.5, 0.6) is 0 Å². The first-order chi connectivity index (χ1) is 9.38. The summed E-state index contributed by atoms with van der Waals surface area (Å²) in [6, 6.07) is 4.28. The normalized spacial score (nSPS) is 11.5. The molecule has 6 nitrogen and oxygen atoms in total. The summed E-state index contributed by atoms with van der Waals surface area (Å²) in [5, 5.41) is 0.301. The van der Waals surface area contributed by atoms with Gasteiger partial charge in [-0.3, -0.25) is 9.97 Å². The number of halogens is 1. The Kier molecular flexibility index (Phi) is 4.22. The van der Waals surface area contributed by atoms with Crippen LogP contribution in [0.3, 0.4) is 0 Å². The van der Waals surface area contributed by atoms with Crippen LogP contribution < -0.4 is 10.5 Å². The zero-order chi connectivity index (χ0) is 14.8. The summed E-state index contributed by atoms with van der Waals surface area (Å²) in [6.07, 6.45) is 3.08. The van der Waals surface area contributed by atoms with E-state index in [0.29, 0.717) is 10.7 Å². The van der Waals surface area contributed by atoms with Crippen LogP contribution in [0.4, 0.5) is 5.69 Å². The number of nitrogens with zero attached hydrogens (tertiary/aromatic N) is 2. The third-order valence-electron chi connectivity index (χ3n) is 2.54. The number of hydrogen-bond acceptors (Lipinski definition) is 5. The van der Waals surface area contributed by atoms with Crippen LogP contribution in [-0.2, 0) is 16.6 Å². The second-order valence-electron chi connectivity index (χ2n) is 4.16. The van der Waals surface area contributed by atoms with Crippen molar-refractivity contribution >= 4 is 27.3 Å². The Balaban J connectivity index is 2.19. The highest BCUT2D eigenvalue weighted by Gasteiger charge is 2.17. The van der Waals surface area contributed by atoms with Crippen molar-refractivity contribution in [3.05, 3.63) is 47.0 Å². The van der Waals surface area contributed by atoms with E-state index in [-0.39, 0.29) is 17.1 Å². The molecule has 0 saturated carbocycles. The van der Waals surface area contributed by atoms with Gasteiger partial charge < -0.3 is 5.73 Å². The summed E-state index contributed by atoms with van der Waals surface area (Å²) in [4.78, 5) is 8.06. The molecular formula is C12H13ClN4O2S. The molecule has 0 aliphatic rings. The molecule has 0 unspecified atom stereocenters. The maximum absolute atomic E-state index is 12.1. The first-order valence-corrected chi connectivity index (χ1v) is 7.57. The number of benzene rings is 1. The van der Waals surface area contributed by atoms with Gasteiger partial charge in [-0.05, 0) is 25.1 Å². The standard InChI is InChI=1S/C12H13ClN4O2S/c1-8-5-16-10(6-15-8)7-17-20(18,19)12-4-9(13)2-3-11(12)14/h2-6,17H,7,14H2,1H3. The van der Waals surface area contributed by atoms with E-state index in [1.54, 1.807) is 13.1 Å². The van der Waals surface area contributed by atoms with Crippen LogP contribution >= 0.6 is 11.6 Å². The second-order valence-corrected chi connectivity index (χ2v) is 6.33. The van der Waals surface area contributed by atoms with E-state index in [4.69, 9.17) is 17.3 Å². The first-order valence-electron chi connectivity index (χ1n) is 5.71. The van der Waals surface area contributed by atoms with Crippen molar-refractivity contribution in [2.75, 3.05) is 5.73 Å². The number of rotatable bonds is 4. The third-order valence-corrected chi connectivity index (χ3v) is 4.23. The van der Waals surface area contributed by atoms with Crippen LogP contribution in [0.2, 0.25) is 5.02 Å². The number of hydrogen-bond donors (Lipinski definition) is 2. The Labute approximate surface area is 122 Å². The van der Waals surface area contributed by atoms with Crippen molar-refractivity contribution in [2.24, 2.45) is 0 Å². The summed E-state index contributed by atoms with van der Waals surface area (Å²) in [5.74, 6) is 0. The van der Waals surface area contributed by atoms with E-state index in [2.05, 4.69) is 14.7 Å². The summed E-state index contributed by atoms with van der Waals surface area (Å²) < 4.78 is 26.7.